The topological polar surface area (TPSA) is 12.5 Å². The lowest BCUT2D eigenvalue weighted by atomic mass is 10.1. The van der Waals surface area contributed by atoms with E-state index in [4.69, 9.17) is 4.74 Å². The van der Waals surface area contributed by atoms with Crippen LogP contribution < -0.4 is 17.1 Å². The van der Waals surface area contributed by atoms with Gasteiger partial charge in [0.2, 0.25) is 0 Å². The molecule has 1 fully saturated rings. The Balaban J connectivity index is 0.00000220. The smallest absolute Gasteiger partial charge is 0.122 e. The van der Waals surface area contributed by atoms with Crippen molar-refractivity contribution in [3.8, 4) is 5.75 Å². The number of halogens is 1. The summed E-state index contributed by atoms with van der Waals surface area (Å²) in [6.45, 7) is 6.65. The molecule has 0 aromatic heterocycles. The molecule has 3 heteroatoms. The van der Waals surface area contributed by atoms with Gasteiger partial charge in [-0.2, -0.15) is 0 Å². The van der Waals surface area contributed by atoms with Gasteiger partial charge >= 0.3 is 0 Å². The van der Waals surface area contributed by atoms with E-state index in [-0.39, 0.29) is 12.4 Å². The Labute approximate surface area is 136 Å². The number of aryl methyl sites for hydroxylation is 1. The van der Waals surface area contributed by atoms with E-state index < -0.39 is 0 Å². The summed E-state index contributed by atoms with van der Waals surface area (Å²) in [5.41, 5.74) is 1.37. The third kappa shape index (κ3) is 6.71. The van der Waals surface area contributed by atoms with E-state index >= 15 is 0 Å². The van der Waals surface area contributed by atoms with Crippen LogP contribution in [-0.4, -0.2) is 31.1 Å². The quantitative estimate of drug-likeness (QED) is 0.671. The SMILES string of the molecule is CCCCCc1ccccc1OCCN1CCCCC1.[Cl-]. The van der Waals surface area contributed by atoms with Gasteiger partial charge in [0.1, 0.15) is 12.4 Å². The molecule has 0 saturated carbocycles. The zero-order chi connectivity index (χ0) is 14.0. The zero-order valence-corrected chi connectivity index (χ0v) is 14.1. The monoisotopic (exact) mass is 310 g/mol. The Morgan fingerprint density at radius 1 is 1.05 bits per heavy atom. The van der Waals surface area contributed by atoms with Crippen molar-refractivity contribution in [2.24, 2.45) is 0 Å². The molecule has 1 aromatic rings. The first-order chi connectivity index (χ1) is 9.90. The summed E-state index contributed by atoms with van der Waals surface area (Å²) in [6, 6.07) is 8.54. The van der Waals surface area contributed by atoms with Crippen LogP contribution in [0.25, 0.3) is 0 Å². The average molecular weight is 311 g/mol. The minimum Gasteiger partial charge on any atom is -1.00 e. The van der Waals surface area contributed by atoms with E-state index in [0.29, 0.717) is 0 Å². The van der Waals surface area contributed by atoms with Crippen molar-refractivity contribution in [2.75, 3.05) is 26.2 Å². The molecule has 0 aliphatic carbocycles. The zero-order valence-electron chi connectivity index (χ0n) is 13.3. The highest BCUT2D eigenvalue weighted by Crippen LogP contribution is 2.20. The molecule has 21 heavy (non-hydrogen) atoms. The summed E-state index contributed by atoms with van der Waals surface area (Å²) >= 11 is 0. The van der Waals surface area contributed by atoms with Gasteiger partial charge in [0.25, 0.3) is 0 Å². The van der Waals surface area contributed by atoms with Crippen LogP contribution >= 0.6 is 0 Å². The highest BCUT2D eigenvalue weighted by atomic mass is 35.5. The number of para-hydroxylation sites is 1. The van der Waals surface area contributed by atoms with Crippen LogP contribution in [-0.2, 0) is 6.42 Å². The summed E-state index contributed by atoms with van der Waals surface area (Å²) in [7, 11) is 0. The fourth-order valence-electron chi connectivity index (χ4n) is 2.88. The van der Waals surface area contributed by atoms with Crippen molar-refractivity contribution in [3.63, 3.8) is 0 Å². The van der Waals surface area contributed by atoms with E-state index in [2.05, 4.69) is 36.1 Å². The summed E-state index contributed by atoms with van der Waals surface area (Å²) in [4.78, 5) is 2.53. The molecule has 2 rings (SSSR count). The van der Waals surface area contributed by atoms with Crippen LogP contribution in [0.4, 0.5) is 0 Å². The molecule has 1 heterocycles. The molecule has 0 amide bonds. The van der Waals surface area contributed by atoms with Crippen molar-refractivity contribution >= 4 is 0 Å². The Morgan fingerprint density at radius 2 is 1.81 bits per heavy atom. The van der Waals surface area contributed by atoms with Crippen LogP contribution in [0.2, 0.25) is 0 Å². The lowest BCUT2D eigenvalue weighted by Crippen LogP contribution is -3.00. The molecule has 2 nitrogen and oxygen atoms in total. The maximum absolute atomic E-state index is 6.03. The minimum absolute atomic E-state index is 0. The van der Waals surface area contributed by atoms with Crippen molar-refractivity contribution < 1.29 is 17.1 Å². The van der Waals surface area contributed by atoms with Gasteiger partial charge in [-0.3, -0.25) is 4.90 Å². The molecule has 120 valence electrons. The van der Waals surface area contributed by atoms with E-state index in [9.17, 15) is 0 Å². The standard InChI is InChI=1S/C18H29NO.ClH/c1-2-3-5-10-17-11-6-7-12-18(17)20-16-15-19-13-8-4-9-14-19;/h6-7,11-12H,2-5,8-10,13-16H2,1H3;1H/p-1. The molecule has 0 N–H and O–H groups in total. The fraction of sp³-hybridized carbons (Fsp3) is 0.667. The Bertz CT molecular complexity index is 377. The minimum atomic E-state index is 0. The van der Waals surface area contributed by atoms with Crippen LogP contribution in [0.15, 0.2) is 24.3 Å². The number of ether oxygens (including phenoxy) is 1. The first-order valence-corrected chi connectivity index (χ1v) is 8.33. The van der Waals surface area contributed by atoms with Gasteiger partial charge in [-0.1, -0.05) is 44.4 Å². The maximum Gasteiger partial charge on any atom is 0.122 e. The summed E-state index contributed by atoms with van der Waals surface area (Å²) in [6.07, 6.45) is 9.11. The molecule has 1 aromatic carbocycles. The second-order valence-corrected chi connectivity index (χ2v) is 5.82. The average Bonchev–Trinajstić information content (AvgIpc) is 2.50. The predicted molar refractivity (Wildman–Crippen MR) is 85.5 cm³/mol. The van der Waals surface area contributed by atoms with Crippen LogP contribution in [0.1, 0.15) is 51.0 Å². The van der Waals surface area contributed by atoms with Crippen LogP contribution in [0.5, 0.6) is 5.75 Å². The predicted octanol–water partition coefficient (Wildman–Crippen LogP) is 1.29. The van der Waals surface area contributed by atoms with E-state index in [1.807, 2.05) is 0 Å². The van der Waals surface area contributed by atoms with Crippen LogP contribution in [0.3, 0.4) is 0 Å². The number of unbranched alkanes of at least 4 members (excludes halogenated alkanes) is 2. The number of hydrogen-bond donors (Lipinski definition) is 0. The molecular weight excluding hydrogens is 282 g/mol. The molecular formula is C18H29ClNO-. The largest absolute Gasteiger partial charge is 1.00 e. The fourth-order valence-corrected chi connectivity index (χ4v) is 2.88. The van der Waals surface area contributed by atoms with Gasteiger partial charge in [0, 0.05) is 6.54 Å². The molecule has 0 atom stereocenters. The molecule has 1 saturated heterocycles. The Morgan fingerprint density at radius 3 is 2.57 bits per heavy atom. The van der Waals surface area contributed by atoms with E-state index in [1.165, 1.54) is 57.2 Å². The third-order valence-corrected chi connectivity index (χ3v) is 4.14. The number of nitrogens with zero attached hydrogens (tertiary/aromatic N) is 1. The highest BCUT2D eigenvalue weighted by molar-refractivity contribution is 5.33. The molecule has 0 radical (unpaired) electrons. The molecule has 0 bridgehead atoms. The van der Waals surface area contributed by atoms with Gasteiger partial charge in [0.15, 0.2) is 0 Å². The second kappa shape index (κ2) is 10.9. The number of likely N-dealkylation sites (tertiary alicyclic amines) is 1. The number of piperidine rings is 1. The number of hydrogen-bond acceptors (Lipinski definition) is 2. The van der Waals surface area contributed by atoms with E-state index in [1.54, 1.807) is 0 Å². The van der Waals surface area contributed by atoms with Crippen molar-refractivity contribution in [1.82, 2.24) is 4.90 Å². The van der Waals surface area contributed by atoms with Gasteiger partial charge in [-0.25, -0.2) is 0 Å². The van der Waals surface area contributed by atoms with Gasteiger partial charge in [-0.05, 0) is 50.4 Å². The number of benzene rings is 1. The van der Waals surface area contributed by atoms with Gasteiger partial charge in [-0.15, -0.1) is 0 Å². The van der Waals surface area contributed by atoms with Crippen molar-refractivity contribution in [2.45, 2.75) is 51.9 Å². The van der Waals surface area contributed by atoms with Crippen molar-refractivity contribution in [1.29, 1.82) is 0 Å². The lowest BCUT2D eigenvalue weighted by molar-refractivity contribution is -0.00000470. The molecule has 0 spiro atoms. The van der Waals surface area contributed by atoms with Crippen LogP contribution in [0, 0.1) is 0 Å². The third-order valence-electron chi connectivity index (χ3n) is 4.14. The maximum atomic E-state index is 6.03. The molecule has 1 aliphatic heterocycles. The van der Waals surface area contributed by atoms with Crippen molar-refractivity contribution in [3.05, 3.63) is 29.8 Å². The molecule has 1 aliphatic rings. The highest BCUT2D eigenvalue weighted by Gasteiger charge is 2.10. The van der Waals surface area contributed by atoms with Gasteiger partial charge < -0.3 is 17.1 Å². The first-order valence-electron chi connectivity index (χ1n) is 8.33. The second-order valence-electron chi connectivity index (χ2n) is 5.82. The Kier molecular flexibility index (Phi) is 9.53. The summed E-state index contributed by atoms with van der Waals surface area (Å²) < 4.78 is 6.03. The van der Waals surface area contributed by atoms with E-state index in [0.717, 1.165) is 25.3 Å². The molecule has 0 unspecified atom stereocenters. The number of rotatable bonds is 8. The lowest BCUT2D eigenvalue weighted by Gasteiger charge is -2.26. The first kappa shape index (κ1) is 18.3. The summed E-state index contributed by atoms with van der Waals surface area (Å²) in [5.74, 6) is 1.10. The Hall–Kier alpha value is -0.730. The normalized spacial score (nSPS) is 15.5. The van der Waals surface area contributed by atoms with Gasteiger partial charge in [0.05, 0.1) is 0 Å². The summed E-state index contributed by atoms with van der Waals surface area (Å²) in [5, 5.41) is 0.